The lowest BCUT2D eigenvalue weighted by Gasteiger charge is -2.11. The predicted molar refractivity (Wildman–Crippen MR) is 79.1 cm³/mol. The van der Waals surface area contributed by atoms with E-state index in [1.54, 1.807) is 24.3 Å². The van der Waals surface area contributed by atoms with Crippen LogP contribution in [0.3, 0.4) is 0 Å². The fourth-order valence-corrected chi connectivity index (χ4v) is 2.23. The maximum Gasteiger partial charge on any atom is 0.278 e. The van der Waals surface area contributed by atoms with Gasteiger partial charge in [-0.15, -0.1) is 0 Å². The molecule has 1 heterocycles. The van der Waals surface area contributed by atoms with Crippen molar-refractivity contribution in [1.29, 1.82) is 0 Å². The molecule has 9 heteroatoms. The lowest BCUT2D eigenvalue weighted by Crippen LogP contribution is -2.36. The molecule has 0 fully saturated rings. The molecule has 114 valence electrons. The molecule has 0 aliphatic rings. The number of nitrogens with one attached hydrogen (secondary N) is 1. The minimum atomic E-state index is -3.44. The number of hydrogen-bond donors (Lipinski definition) is 1. The minimum Gasteiger partial charge on any atom is -0.339 e. The molecule has 0 atom stereocenters. The first kappa shape index (κ1) is 15.9. The molecule has 0 saturated heterocycles. The first-order chi connectivity index (χ1) is 9.88. The van der Waals surface area contributed by atoms with Gasteiger partial charge in [0.25, 0.3) is 10.2 Å². The molecule has 0 radical (unpaired) electrons. The first-order valence-corrected chi connectivity index (χ1v) is 7.96. The second-order valence-electron chi connectivity index (χ2n) is 4.45. The van der Waals surface area contributed by atoms with E-state index in [9.17, 15) is 8.42 Å². The smallest absolute Gasteiger partial charge is 0.278 e. The van der Waals surface area contributed by atoms with Crippen LogP contribution in [-0.4, -0.2) is 43.5 Å². The summed E-state index contributed by atoms with van der Waals surface area (Å²) in [5.74, 6) is 0.804. The first-order valence-electron chi connectivity index (χ1n) is 6.14. The summed E-state index contributed by atoms with van der Waals surface area (Å²) in [4.78, 5) is 4.21. The van der Waals surface area contributed by atoms with E-state index < -0.39 is 10.2 Å². The van der Waals surface area contributed by atoms with E-state index in [1.807, 2.05) is 0 Å². The van der Waals surface area contributed by atoms with Crippen molar-refractivity contribution < 1.29 is 12.9 Å². The standard InChI is InChI=1S/C12H15ClN4O3S/c1-17(2)21(18,19)14-8-7-11-15-12(16-20-11)9-3-5-10(13)6-4-9/h3-6,14H,7-8H2,1-2H3. The predicted octanol–water partition coefficient (Wildman–Crippen LogP) is 1.33. The molecule has 0 unspecified atom stereocenters. The molecule has 0 bridgehead atoms. The third kappa shape index (κ3) is 4.24. The topological polar surface area (TPSA) is 88.3 Å². The van der Waals surface area contributed by atoms with E-state index in [0.29, 0.717) is 23.2 Å². The summed E-state index contributed by atoms with van der Waals surface area (Å²) in [5, 5.41) is 4.47. The Labute approximate surface area is 128 Å². The highest BCUT2D eigenvalue weighted by Crippen LogP contribution is 2.18. The normalized spacial score (nSPS) is 12.0. The SMILES string of the molecule is CN(C)S(=O)(=O)NCCc1nc(-c2ccc(Cl)cc2)no1. The van der Waals surface area contributed by atoms with Gasteiger partial charge in [-0.05, 0) is 24.3 Å². The molecule has 0 spiro atoms. The molecular formula is C12H15ClN4O3S. The molecule has 0 aliphatic heterocycles. The Bertz CT molecular complexity index is 698. The van der Waals surface area contributed by atoms with Crippen LogP contribution < -0.4 is 4.72 Å². The fourth-order valence-electron chi connectivity index (χ4n) is 1.49. The van der Waals surface area contributed by atoms with Crippen molar-refractivity contribution in [2.75, 3.05) is 20.6 Å². The number of halogens is 1. The highest BCUT2D eigenvalue weighted by molar-refractivity contribution is 7.87. The van der Waals surface area contributed by atoms with Gasteiger partial charge in [0.15, 0.2) is 0 Å². The van der Waals surface area contributed by atoms with Crippen LogP contribution in [0.2, 0.25) is 5.02 Å². The number of rotatable bonds is 6. The maximum absolute atomic E-state index is 11.5. The van der Waals surface area contributed by atoms with E-state index in [2.05, 4.69) is 14.9 Å². The van der Waals surface area contributed by atoms with Crippen LogP contribution in [0.25, 0.3) is 11.4 Å². The van der Waals surface area contributed by atoms with Gasteiger partial charge in [0.05, 0.1) is 0 Å². The molecule has 1 aromatic heterocycles. The minimum absolute atomic E-state index is 0.183. The Morgan fingerprint density at radius 3 is 2.57 bits per heavy atom. The van der Waals surface area contributed by atoms with Crippen LogP contribution in [0.5, 0.6) is 0 Å². The van der Waals surface area contributed by atoms with E-state index in [-0.39, 0.29) is 6.54 Å². The van der Waals surface area contributed by atoms with Gasteiger partial charge >= 0.3 is 0 Å². The lowest BCUT2D eigenvalue weighted by molar-refractivity contribution is 0.378. The second-order valence-corrected chi connectivity index (χ2v) is 6.86. The van der Waals surface area contributed by atoms with Crippen LogP contribution in [0, 0.1) is 0 Å². The molecule has 1 aromatic carbocycles. The van der Waals surface area contributed by atoms with Gasteiger partial charge < -0.3 is 4.52 Å². The van der Waals surface area contributed by atoms with Gasteiger partial charge in [-0.3, -0.25) is 0 Å². The Morgan fingerprint density at radius 2 is 1.95 bits per heavy atom. The Hall–Kier alpha value is -1.48. The number of aromatic nitrogens is 2. The monoisotopic (exact) mass is 330 g/mol. The molecule has 2 rings (SSSR count). The zero-order valence-electron chi connectivity index (χ0n) is 11.6. The van der Waals surface area contributed by atoms with Gasteiger partial charge in [0, 0.05) is 37.6 Å². The third-order valence-corrected chi connectivity index (χ3v) is 4.46. The number of hydrogen-bond acceptors (Lipinski definition) is 5. The van der Waals surface area contributed by atoms with Crippen LogP contribution in [0.4, 0.5) is 0 Å². The maximum atomic E-state index is 11.5. The van der Waals surface area contributed by atoms with Gasteiger partial charge in [-0.25, -0.2) is 4.72 Å². The fraction of sp³-hybridized carbons (Fsp3) is 0.333. The zero-order chi connectivity index (χ0) is 15.5. The van der Waals surface area contributed by atoms with Crippen molar-refractivity contribution in [1.82, 2.24) is 19.2 Å². The summed E-state index contributed by atoms with van der Waals surface area (Å²) in [6.45, 7) is 0.183. The average molecular weight is 331 g/mol. The molecule has 7 nitrogen and oxygen atoms in total. The van der Waals surface area contributed by atoms with Crippen LogP contribution in [-0.2, 0) is 16.6 Å². The summed E-state index contributed by atoms with van der Waals surface area (Å²) in [7, 11) is -0.536. The molecule has 21 heavy (non-hydrogen) atoms. The van der Waals surface area contributed by atoms with Crippen molar-refractivity contribution >= 4 is 21.8 Å². The summed E-state index contributed by atoms with van der Waals surface area (Å²) in [6, 6.07) is 7.04. The molecule has 2 aromatic rings. The van der Waals surface area contributed by atoms with Crippen molar-refractivity contribution in [3.63, 3.8) is 0 Å². The van der Waals surface area contributed by atoms with E-state index in [1.165, 1.54) is 14.1 Å². The van der Waals surface area contributed by atoms with Gasteiger partial charge in [0.1, 0.15) is 0 Å². The van der Waals surface area contributed by atoms with Crippen molar-refractivity contribution in [3.8, 4) is 11.4 Å². The molecular weight excluding hydrogens is 316 g/mol. The highest BCUT2D eigenvalue weighted by atomic mass is 35.5. The Kier molecular flexibility index (Phi) is 4.94. The lowest BCUT2D eigenvalue weighted by atomic mass is 10.2. The Balaban J connectivity index is 1.96. The van der Waals surface area contributed by atoms with Crippen LogP contribution in [0.15, 0.2) is 28.8 Å². The second kappa shape index (κ2) is 6.52. The van der Waals surface area contributed by atoms with E-state index >= 15 is 0 Å². The van der Waals surface area contributed by atoms with Crippen molar-refractivity contribution in [3.05, 3.63) is 35.2 Å². The Morgan fingerprint density at radius 1 is 1.29 bits per heavy atom. The van der Waals surface area contributed by atoms with Crippen molar-refractivity contribution in [2.45, 2.75) is 6.42 Å². The zero-order valence-corrected chi connectivity index (χ0v) is 13.1. The largest absolute Gasteiger partial charge is 0.339 e. The van der Waals surface area contributed by atoms with Gasteiger partial charge in [-0.2, -0.15) is 17.7 Å². The van der Waals surface area contributed by atoms with Crippen LogP contribution >= 0.6 is 11.6 Å². The molecule has 0 amide bonds. The average Bonchev–Trinajstić information content (AvgIpc) is 2.88. The number of benzene rings is 1. The van der Waals surface area contributed by atoms with Crippen LogP contribution in [0.1, 0.15) is 5.89 Å². The quantitative estimate of drug-likeness (QED) is 0.863. The summed E-state index contributed by atoms with van der Waals surface area (Å²) in [6.07, 6.45) is 0.313. The summed E-state index contributed by atoms with van der Waals surface area (Å²) >= 11 is 5.81. The third-order valence-electron chi connectivity index (χ3n) is 2.67. The molecule has 0 saturated carbocycles. The highest BCUT2D eigenvalue weighted by Gasteiger charge is 2.13. The summed E-state index contributed by atoms with van der Waals surface area (Å²) < 4.78 is 31.6. The van der Waals surface area contributed by atoms with Gasteiger partial charge in [-0.1, -0.05) is 16.8 Å². The molecule has 0 aliphatic carbocycles. The van der Waals surface area contributed by atoms with Crippen molar-refractivity contribution in [2.24, 2.45) is 0 Å². The van der Waals surface area contributed by atoms with E-state index in [4.69, 9.17) is 16.1 Å². The summed E-state index contributed by atoms with van der Waals surface area (Å²) in [5.41, 5.74) is 0.781. The number of nitrogens with zero attached hydrogens (tertiary/aromatic N) is 3. The molecule has 1 N–H and O–H groups in total. The van der Waals surface area contributed by atoms with E-state index in [0.717, 1.165) is 9.87 Å². The van der Waals surface area contributed by atoms with Gasteiger partial charge in [0.2, 0.25) is 11.7 Å².